The Kier molecular flexibility index (Phi) is 7.65. The van der Waals surface area contributed by atoms with Gasteiger partial charge in [-0.05, 0) is 36.5 Å². The van der Waals surface area contributed by atoms with Gasteiger partial charge in [0.2, 0.25) is 0 Å². The number of hydrazone groups is 1. The predicted molar refractivity (Wildman–Crippen MR) is 103 cm³/mol. The minimum Gasteiger partial charge on any atom is -0.326 e. The van der Waals surface area contributed by atoms with Gasteiger partial charge in [0, 0.05) is 25.4 Å². The van der Waals surface area contributed by atoms with E-state index in [1.165, 1.54) is 14.0 Å². The Bertz CT molecular complexity index is 804. The molecule has 0 atom stereocenters. The quantitative estimate of drug-likeness (QED) is 0.316. The van der Waals surface area contributed by atoms with Gasteiger partial charge in [0.25, 0.3) is 5.78 Å². The largest absolute Gasteiger partial charge is 0.326 e. The molecule has 1 aromatic carbocycles. The number of hydrogen-bond acceptors (Lipinski definition) is 6. The summed E-state index contributed by atoms with van der Waals surface area (Å²) < 4.78 is 22.6. The maximum absolute atomic E-state index is 12.8. The van der Waals surface area contributed by atoms with Gasteiger partial charge in [0.15, 0.2) is 9.84 Å². The normalized spacial score (nSPS) is 12.2. The van der Waals surface area contributed by atoms with Crippen molar-refractivity contribution in [3.8, 4) is 0 Å². The Morgan fingerprint density at radius 1 is 1.15 bits per heavy atom. The highest BCUT2D eigenvalue weighted by Crippen LogP contribution is 2.21. The van der Waals surface area contributed by atoms with Crippen LogP contribution in [0.2, 0.25) is 0 Å². The molecule has 0 unspecified atom stereocenters. The zero-order valence-electron chi connectivity index (χ0n) is 16.0. The van der Waals surface area contributed by atoms with Crippen LogP contribution in [0.25, 0.3) is 0 Å². The first-order valence-corrected chi connectivity index (χ1v) is 10.5. The Labute approximate surface area is 155 Å². The number of hydrogen-bond donors (Lipinski definition) is 1. The number of benzene rings is 1. The number of carbonyl (C=O) groups is 2. The van der Waals surface area contributed by atoms with Crippen molar-refractivity contribution in [3.63, 3.8) is 0 Å². The highest BCUT2D eigenvalue weighted by Gasteiger charge is 2.25. The van der Waals surface area contributed by atoms with Crippen molar-refractivity contribution in [1.29, 1.82) is 0 Å². The van der Waals surface area contributed by atoms with E-state index in [1.807, 2.05) is 26.0 Å². The van der Waals surface area contributed by atoms with Crippen molar-refractivity contribution in [3.05, 3.63) is 34.4 Å². The lowest BCUT2D eigenvalue weighted by Crippen LogP contribution is -2.32. The number of sulfone groups is 1. The molecule has 0 fully saturated rings. The van der Waals surface area contributed by atoms with Crippen LogP contribution in [0, 0.1) is 0 Å². The van der Waals surface area contributed by atoms with Crippen molar-refractivity contribution in [2.45, 2.75) is 40.2 Å². The maximum Gasteiger partial charge on any atom is 0.314 e. The Hall–Kier alpha value is -2.06. The van der Waals surface area contributed by atoms with Crippen molar-refractivity contribution < 1.29 is 18.0 Å². The van der Waals surface area contributed by atoms with E-state index in [1.54, 1.807) is 0 Å². The van der Waals surface area contributed by atoms with E-state index < -0.39 is 21.5 Å². The number of likely N-dealkylation sites (N-methyl/N-ethyl adjacent to an activating group) is 1. The molecule has 0 aliphatic carbocycles. The van der Waals surface area contributed by atoms with Crippen LogP contribution in [0.15, 0.2) is 17.2 Å². The van der Waals surface area contributed by atoms with E-state index >= 15 is 0 Å². The molecule has 1 amide bonds. The van der Waals surface area contributed by atoms with Gasteiger partial charge in [-0.25, -0.2) is 13.4 Å². The average molecular weight is 381 g/mol. The second-order valence-corrected chi connectivity index (χ2v) is 8.40. The van der Waals surface area contributed by atoms with Gasteiger partial charge < -0.3 is 5.73 Å². The fraction of sp³-hybridized carbons (Fsp3) is 0.500. The summed E-state index contributed by atoms with van der Waals surface area (Å²) in [5.41, 5.74) is 8.79. The van der Waals surface area contributed by atoms with Crippen LogP contribution in [0.4, 0.5) is 0 Å². The molecule has 7 nitrogen and oxygen atoms in total. The van der Waals surface area contributed by atoms with E-state index in [-0.39, 0.29) is 11.5 Å². The summed E-state index contributed by atoms with van der Waals surface area (Å²) in [5.74, 6) is -1.73. The molecule has 0 saturated heterocycles. The number of rotatable bonds is 8. The fourth-order valence-corrected chi connectivity index (χ4v) is 3.59. The third-order valence-corrected chi connectivity index (χ3v) is 4.81. The molecule has 26 heavy (non-hydrogen) atoms. The Morgan fingerprint density at radius 2 is 1.65 bits per heavy atom. The summed E-state index contributed by atoms with van der Waals surface area (Å²) in [7, 11) is -1.92. The van der Waals surface area contributed by atoms with Gasteiger partial charge in [0.05, 0.1) is 11.5 Å². The number of carbonyl (C=O) groups excluding carboxylic acids is 2. The van der Waals surface area contributed by atoms with Crippen molar-refractivity contribution in [2.75, 3.05) is 19.1 Å². The molecule has 8 heteroatoms. The molecule has 144 valence electrons. The van der Waals surface area contributed by atoms with Gasteiger partial charge in [0.1, 0.15) is 0 Å². The molecule has 2 N–H and O–H groups in total. The van der Waals surface area contributed by atoms with E-state index in [0.717, 1.165) is 28.0 Å². The van der Waals surface area contributed by atoms with Crippen LogP contribution in [0.5, 0.6) is 0 Å². The first kappa shape index (κ1) is 22.0. The van der Waals surface area contributed by atoms with Gasteiger partial charge in [-0.3, -0.25) is 9.59 Å². The molecular weight excluding hydrogens is 354 g/mol. The molecule has 0 radical (unpaired) electrons. The second-order valence-electron chi connectivity index (χ2n) is 6.26. The zero-order chi connectivity index (χ0) is 20.1. The monoisotopic (exact) mass is 381 g/mol. The lowest BCUT2D eigenvalue weighted by Gasteiger charge is -2.17. The smallest absolute Gasteiger partial charge is 0.314 e. The predicted octanol–water partition coefficient (Wildman–Crippen LogP) is 1.33. The van der Waals surface area contributed by atoms with Crippen LogP contribution < -0.4 is 5.73 Å². The number of Topliss-reactive ketones (excluding diaryl/α,β-unsaturated/α-hetero) is 1. The number of ketones is 1. The second kappa shape index (κ2) is 9.05. The number of aryl methyl sites for hydroxylation is 2. The van der Waals surface area contributed by atoms with Crippen molar-refractivity contribution in [2.24, 2.45) is 10.8 Å². The summed E-state index contributed by atoms with van der Waals surface area (Å²) in [5, 5.41) is 4.84. The molecule has 0 bridgehead atoms. The van der Waals surface area contributed by atoms with Crippen molar-refractivity contribution >= 4 is 27.2 Å². The third-order valence-electron chi connectivity index (χ3n) is 3.87. The number of amides is 1. The highest BCUT2D eigenvalue weighted by atomic mass is 32.2. The van der Waals surface area contributed by atoms with Crippen LogP contribution in [0.3, 0.4) is 0 Å². The average Bonchev–Trinajstić information content (AvgIpc) is 2.57. The van der Waals surface area contributed by atoms with Crippen molar-refractivity contribution in [1.82, 2.24) is 5.01 Å². The molecule has 0 heterocycles. The lowest BCUT2D eigenvalue weighted by atomic mass is 9.91. The van der Waals surface area contributed by atoms with Gasteiger partial charge in [-0.15, -0.1) is 0 Å². The first-order chi connectivity index (χ1) is 12.0. The summed E-state index contributed by atoms with van der Waals surface area (Å²) in [4.78, 5) is 25.3. The number of nitrogens with zero attached hydrogens (tertiary/aromatic N) is 2. The standard InChI is InChI=1S/C18H27N3O4S/c1-6-14-8-13(10-19)9-15(7-2)16(14)17(22)18(23)21(4)20-12(3)11-26(5,24)25/h8-9H,6-7,10-11,19H2,1-5H3. The molecule has 0 aliphatic rings. The number of nitrogens with two attached hydrogens (primary N) is 1. The van der Waals surface area contributed by atoms with Gasteiger partial charge in [-0.1, -0.05) is 26.0 Å². The summed E-state index contributed by atoms with van der Waals surface area (Å²) in [6.45, 7) is 5.68. The SMILES string of the molecule is CCc1cc(CN)cc(CC)c1C(=O)C(=O)N(C)N=C(C)CS(C)(=O)=O. The van der Waals surface area contributed by atoms with E-state index in [4.69, 9.17) is 5.73 Å². The summed E-state index contributed by atoms with van der Waals surface area (Å²) >= 11 is 0. The van der Waals surface area contributed by atoms with Crippen LogP contribution in [0.1, 0.15) is 47.8 Å². The first-order valence-electron chi connectivity index (χ1n) is 8.42. The fourth-order valence-electron chi connectivity index (χ4n) is 2.77. The van der Waals surface area contributed by atoms with Crippen LogP contribution >= 0.6 is 0 Å². The molecule has 0 aromatic heterocycles. The minimum absolute atomic E-state index is 0.237. The van der Waals surface area contributed by atoms with E-state index in [0.29, 0.717) is 24.9 Å². The third kappa shape index (κ3) is 5.74. The van der Waals surface area contributed by atoms with E-state index in [2.05, 4.69) is 5.10 Å². The molecule has 0 spiro atoms. The molecule has 0 aliphatic heterocycles. The van der Waals surface area contributed by atoms with Gasteiger partial charge in [-0.2, -0.15) is 5.10 Å². The van der Waals surface area contributed by atoms with E-state index in [9.17, 15) is 18.0 Å². The Morgan fingerprint density at radius 3 is 2.04 bits per heavy atom. The molecule has 1 rings (SSSR count). The molecular formula is C18H27N3O4S. The lowest BCUT2D eigenvalue weighted by molar-refractivity contribution is -0.125. The zero-order valence-corrected chi connectivity index (χ0v) is 16.8. The highest BCUT2D eigenvalue weighted by molar-refractivity contribution is 7.91. The Balaban J connectivity index is 3.23. The maximum atomic E-state index is 12.8. The minimum atomic E-state index is -3.26. The summed E-state index contributed by atoms with van der Waals surface area (Å²) in [6, 6.07) is 3.69. The summed E-state index contributed by atoms with van der Waals surface area (Å²) in [6.07, 6.45) is 2.27. The van der Waals surface area contributed by atoms with Crippen LogP contribution in [-0.2, 0) is 34.0 Å². The van der Waals surface area contributed by atoms with Gasteiger partial charge >= 0.3 is 5.91 Å². The van der Waals surface area contributed by atoms with Crippen LogP contribution in [-0.4, -0.2) is 49.9 Å². The topological polar surface area (TPSA) is 110 Å². The molecule has 0 saturated carbocycles. The molecule has 1 aromatic rings.